The van der Waals surface area contributed by atoms with Gasteiger partial charge in [0.2, 0.25) is 0 Å². The van der Waals surface area contributed by atoms with Gasteiger partial charge in [-0.25, -0.2) is 0 Å². The van der Waals surface area contributed by atoms with E-state index < -0.39 is 0 Å². The minimum Gasteiger partial charge on any atom is -0.356 e. The van der Waals surface area contributed by atoms with Crippen LogP contribution >= 0.6 is 0 Å². The van der Waals surface area contributed by atoms with Crippen molar-refractivity contribution >= 4 is 0 Å². The number of nitrogens with zero attached hydrogens (tertiary/aromatic N) is 3. The summed E-state index contributed by atoms with van der Waals surface area (Å²) in [4.78, 5) is 0. The molecular formula is C17H16N3O. The SMILES string of the molecule is Cc1c(-c2cc(-c3c[c]cc(C4CC4)c3)no2)cnn1C. The summed E-state index contributed by atoms with van der Waals surface area (Å²) in [6.07, 6.45) is 4.39. The van der Waals surface area contributed by atoms with E-state index in [2.05, 4.69) is 28.5 Å². The van der Waals surface area contributed by atoms with Crippen LogP contribution in [0.2, 0.25) is 0 Å². The average molecular weight is 278 g/mol. The van der Waals surface area contributed by atoms with E-state index in [0.29, 0.717) is 5.92 Å². The molecule has 0 amide bonds. The fourth-order valence-electron chi connectivity index (χ4n) is 2.57. The Morgan fingerprint density at radius 2 is 2.14 bits per heavy atom. The number of aryl methyl sites for hydroxylation is 1. The molecule has 105 valence electrons. The first kappa shape index (κ1) is 12.4. The Labute approximate surface area is 123 Å². The predicted molar refractivity (Wildman–Crippen MR) is 79.7 cm³/mol. The van der Waals surface area contributed by atoms with Crippen molar-refractivity contribution in [2.24, 2.45) is 7.05 Å². The molecule has 0 spiro atoms. The molecule has 1 saturated carbocycles. The summed E-state index contributed by atoms with van der Waals surface area (Å²) in [6, 6.07) is 11.4. The molecule has 1 aliphatic carbocycles. The van der Waals surface area contributed by atoms with Crippen LogP contribution in [0.15, 0.2) is 35.0 Å². The summed E-state index contributed by atoms with van der Waals surface area (Å²) >= 11 is 0. The van der Waals surface area contributed by atoms with Crippen LogP contribution in [0.25, 0.3) is 22.6 Å². The van der Waals surface area contributed by atoms with Gasteiger partial charge < -0.3 is 4.52 Å². The molecule has 4 nitrogen and oxygen atoms in total. The van der Waals surface area contributed by atoms with Crippen LogP contribution in [-0.2, 0) is 7.05 Å². The minimum absolute atomic E-state index is 0.716. The van der Waals surface area contributed by atoms with E-state index in [0.717, 1.165) is 28.3 Å². The maximum absolute atomic E-state index is 5.50. The fourth-order valence-corrected chi connectivity index (χ4v) is 2.57. The topological polar surface area (TPSA) is 43.9 Å². The van der Waals surface area contributed by atoms with Crippen LogP contribution in [0.3, 0.4) is 0 Å². The van der Waals surface area contributed by atoms with Crippen molar-refractivity contribution < 1.29 is 4.52 Å². The van der Waals surface area contributed by atoms with Crippen molar-refractivity contribution in [2.75, 3.05) is 0 Å². The average Bonchev–Trinajstić information content (AvgIpc) is 3.16. The molecule has 4 rings (SSSR count). The van der Waals surface area contributed by atoms with Crippen molar-refractivity contribution in [1.29, 1.82) is 0 Å². The summed E-state index contributed by atoms with van der Waals surface area (Å²) in [5.41, 5.74) is 5.33. The monoisotopic (exact) mass is 278 g/mol. The van der Waals surface area contributed by atoms with Gasteiger partial charge in [0.05, 0.1) is 11.8 Å². The van der Waals surface area contributed by atoms with Gasteiger partial charge in [-0.3, -0.25) is 4.68 Å². The third kappa shape index (κ3) is 2.17. The maximum Gasteiger partial charge on any atom is 0.170 e. The Hall–Kier alpha value is -2.36. The summed E-state index contributed by atoms with van der Waals surface area (Å²) in [6.45, 7) is 2.02. The van der Waals surface area contributed by atoms with Crippen LogP contribution < -0.4 is 0 Å². The Bertz CT molecular complexity index is 796. The van der Waals surface area contributed by atoms with Gasteiger partial charge >= 0.3 is 0 Å². The normalized spacial score (nSPS) is 14.6. The van der Waals surface area contributed by atoms with E-state index in [4.69, 9.17) is 4.52 Å². The zero-order valence-corrected chi connectivity index (χ0v) is 12.1. The van der Waals surface area contributed by atoms with Crippen LogP contribution in [0.5, 0.6) is 0 Å². The molecule has 0 bridgehead atoms. The minimum atomic E-state index is 0.716. The highest BCUT2D eigenvalue weighted by atomic mass is 16.5. The van der Waals surface area contributed by atoms with Gasteiger partial charge in [-0.05, 0) is 49.4 Å². The Morgan fingerprint density at radius 3 is 2.86 bits per heavy atom. The first-order chi connectivity index (χ1) is 10.2. The van der Waals surface area contributed by atoms with Gasteiger partial charge in [0.15, 0.2) is 5.76 Å². The summed E-state index contributed by atoms with van der Waals surface area (Å²) in [5, 5.41) is 8.44. The van der Waals surface area contributed by atoms with E-state index in [9.17, 15) is 0 Å². The van der Waals surface area contributed by atoms with E-state index >= 15 is 0 Å². The molecule has 3 aromatic rings. The lowest BCUT2D eigenvalue weighted by Crippen LogP contribution is -1.92. The maximum atomic E-state index is 5.50. The number of rotatable bonds is 3. The lowest BCUT2D eigenvalue weighted by atomic mass is 10.0. The first-order valence-corrected chi connectivity index (χ1v) is 7.19. The van der Waals surface area contributed by atoms with Gasteiger partial charge in [0, 0.05) is 24.4 Å². The van der Waals surface area contributed by atoms with Gasteiger partial charge in [-0.2, -0.15) is 5.10 Å². The number of benzene rings is 1. The van der Waals surface area contributed by atoms with Crippen LogP contribution in [0, 0.1) is 13.0 Å². The van der Waals surface area contributed by atoms with E-state index in [1.807, 2.05) is 37.0 Å². The van der Waals surface area contributed by atoms with E-state index in [1.54, 1.807) is 0 Å². The molecule has 0 N–H and O–H groups in total. The Morgan fingerprint density at radius 1 is 1.29 bits per heavy atom. The quantitative estimate of drug-likeness (QED) is 0.733. The van der Waals surface area contributed by atoms with E-state index in [1.165, 1.54) is 18.4 Å². The Kier molecular flexibility index (Phi) is 2.70. The van der Waals surface area contributed by atoms with Crippen LogP contribution in [0.1, 0.15) is 30.0 Å². The molecule has 1 aromatic carbocycles. The molecule has 21 heavy (non-hydrogen) atoms. The van der Waals surface area contributed by atoms with E-state index in [-0.39, 0.29) is 0 Å². The number of hydrogen-bond donors (Lipinski definition) is 0. The second-order valence-electron chi connectivity index (χ2n) is 5.67. The first-order valence-electron chi connectivity index (χ1n) is 7.19. The third-order valence-electron chi connectivity index (χ3n) is 4.17. The molecular weight excluding hydrogens is 262 g/mol. The molecule has 0 unspecified atom stereocenters. The summed E-state index contributed by atoms with van der Waals surface area (Å²) in [5.74, 6) is 1.47. The highest BCUT2D eigenvalue weighted by Gasteiger charge is 2.24. The second-order valence-corrected chi connectivity index (χ2v) is 5.67. The van der Waals surface area contributed by atoms with Crippen LogP contribution in [0.4, 0.5) is 0 Å². The third-order valence-corrected chi connectivity index (χ3v) is 4.17. The van der Waals surface area contributed by atoms with Gasteiger partial charge in [0.25, 0.3) is 0 Å². The smallest absolute Gasteiger partial charge is 0.170 e. The molecule has 4 heteroatoms. The number of aromatic nitrogens is 3. The highest BCUT2D eigenvalue weighted by Crippen LogP contribution is 2.41. The van der Waals surface area contributed by atoms with Gasteiger partial charge in [-0.15, -0.1) is 0 Å². The van der Waals surface area contributed by atoms with Crippen LogP contribution in [-0.4, -0.2) is 14.9 Å². The molecule has 1 aliphatic rings. The van der Waals surface area contributed by atoms with Crippen molar-refractivity contribution in [2.45, 2.75) is 25.7 Å². The highest BCUT2D eigenvalue weighted by molar-refractivity contribution is 5.68. The zero-order valence-electron chi connectivity index (χ0n) is 12.1. The molecule has 1 fully saturated rings. The van der Waals surface area contributed by atoms with Crippen molar-refractivity contribution in [1.82, 2.24) is 14.9 Å². The van der Waals surface area contributed by atoms with Crippen molar-refractivity contribution in [3.8, 4) is 22.6 Å². The summed E-state index contributed by atoms with van der Waals surface area (Å²) in [7, 11) is 1.92. The number of hydrogen-bond acceptors (Lipinski definition) is 3. The van der Waals surface area contributed by atoms with Gasteiger partial charge in [0.1, 0.15) is 5.69 Å². The zero-order chi connectivity index (χ0) is 14.4. The Balaban J connectivity index is 1.71. The molecule has 0 saturated heterocycles. The largest absolute Gasteiger partial charge is 0.356 e. The van der Waals surface area contributed by atoms with Gasteiger partial charge in [-0.1, -0.05) is 11.2 Å². The molecule has 2 aromatic heterocycles. The van der Waals surface area contributed by atoms with Crippen molar-refractivity contribution in [3.63, 3.8) is 0 Å². The predicted octanol–water partition coefficient (Wildman–Crippen LogP) is 3.73. The van der Waals surface area contributed by atoms with Crippen molar-refractivity contribution in [3.05, 3.63) is 47.8 Å². The molecule has 2 heterocycles. The second kappa shape index (κ2) is 4.58. The molecule has 1 radical (unpaired) electrons. The standard InChI is InChI=1S/C17H16N3O/c1-11-15(10-18-20(11)2)17-9-16(19-21-17)14-5-3-4-13(8-14)12-6-7-12/h4-5,8-10,12H,6-7H2,1-2H3. The summed E-state index contributed by atoms with van der Waals surface area (Å²) < 4.78 is 7.33. The lowest BCUT2D eigenvalue weighted by Gasteiger charge is -1.99. The lowest BCUT2D eigenvalue weighted by molar-refractivity contribution is 0.434. The molecule has 0 atom stereocenters. The molecule has 0 aliphatic heterocycles. The fraction of sp³-hybridized carbons (Fsp3) is 0.294.